The second-order valence-corrected chi connectivity index (χ2v) is 5.76. The van der Waals surface area contributed by atoms with Gasteiger partial charge in [0.25, 0.3) is 5.91 Å². The third kappa shape index (κ3) is 6.64. The van der Waals surface area contributed by atoms with E-state index in [1.807, 2.05) is 12.1 Å². The molecule has 0 atom stereocenters. The topological polar surface area (TPSA) is 73.9 Å². The molecular formula is C19H20ClNO5. The first kappa shape index (κ1) is 19.6. The fraction of sp³-hybridized carbons (Fsp3) is 0.263. The van der Waals surface area contributed by atoms with Gasteiger partial charge in [0.15, 0.2) is 24.7 Å². The van der Waals surface area contributed by atoms with Gasteiger partial charge < -0.3 is 19.5 Å². The molecule has 1 amide bonds. The van der Waals surface area contributed by atoms with E-state index in [2.05, 4.69) is 5.32 Å². The molecule has 0 aliphatic heterocycles. The highest BCUT2D eigenvalue weighted by atomic mass is 35.5. The van der Waals surface area contributed by atoms with Crippen LogP contribution in [0.5, 0.6) is 11.5 Å². The number of hydrogen-bond acceptors (Lipinski definition) is 5. The smallest absolute Gasteiger partial charge is 0.344 e. The summed E-state index contributed by atoms with van der Waals surface area (Å²) in [5.74, 6) is -0.0621. The van der Waals surface area contributed by atoms with Crippen LogP contribution >= 0.6 is 11.6 Å². The van der Waals surface area contributed by atoms with E-state index in [-0.39, 0.29) is 19.1 Å². The molecule has 0 spiro atoms. The van der Waals surface area contributed by atoms with Crippen molar-refractivity contribution in [1.82, 2.24) is 5.32 Å². The summed E-state index contributed by atoms with van der Waals surface area (Å²) in [4.78, 5) is 23.4. The molecule has 0 saturated carbocycles. The van der Waals surface area contributed by atoms with Crippen LogP contribution in [0.25, 0.3) is 0 Å². The summed E-state index contributed by atoms with van der Waals surface area (Å²) in [6.07, 6.45) is 0.660. The Morgan fingerprint density at radius 3 is 2.38 bits per heavy atom. The normalized spacial score (nSPS) is 10.1. The fourth-order valence-corrected chi connectivity index (χ4v) is 2.24. The van der Waals surface area contributed by atoms with E-state index in [9.17, 15) is 9.59 Å². The molecule has 2 aromatic carbocycles. The third-order valence-corrected chi connectivity index (χ3v) is 3.68. The lowest BCUT2D eigenvalue weighted by atomic mass is 10.1. The molecule has 0 aliphatic rings. The van der Waals surface area contributed by atoms with Crippen LogP contribution < -0.4 is 14.8 Å². The molecule has 1 N–H and O–H groups in total. The molecule has 0 fully saturated rings. The standard InChI is InChI=1S/C19H20ClNO5/c1-24-16-4-2-3-5-17(16)25-13-19(23)26-12-18(22)21-11-10-14-6-8-15(20)9-7-14/h2-9H,10-13H2,1H3,(H,21,22). The van der Waals surface area contributed by atoms with Crippen molar-refractivity contribution in [3.05, 3.63) is 59.1 Å². The monoisotopic (exact) mass is 377 g/mol. The van der Waals surface area contributed by atoms with Crippen LogP contribution in [0.1, 0.15) is 5.56 Å². The highest BCUT2D eigenvalue weighted by Crippen LogP contribution is 2.25. The van der Waals surface area contributed by atoms with E-state index in [1.165, 1.54) is 7.11 Å². The molecule has 7 heteroatoms. The molecule has 2 rings (SSSR count). The number of halogens is 1. The lowest BCUT2D eigenvalue weighted by Gasteiger charge is -2.10. The molecule has 138 valence electrons. The van der Waals surface area contributed by atoms with Gasteiger partial charge >= 0.3 is 5.97 Å². The zero-order valence-electron chi connectivity index (χ0n) is 14.4. The summed E-state index contributed by atoms with van der Waals surface area (Å²) in [6, 6.07) is 14.3. The van der Waals surface area contributed by atoms with Crippen molar-refractivity contribution >= 4 is 23.5 Å². The Morgan fingerprint density at radius 1 is 1.00 bits per heavy atom. The van der Waals surface area contributed by atoms with E-state index in [0.717, 1.165) is 5.56 Å². The maximum absolute atomic E-state index is 11.7. The minimum absolute atomic E-state index is 0.307. The van der Waals surface area contributed by atoms with Crippen molar-refractivity contribution in [2.45, 2.75) is 6.42 Å². The Morgan fingerprint density at radius 2 is 1.69 bits per heavy atom. The molecule has 0 saturated heterocycles. The number of nitrogens with one attached hydrogen (secondary N) is 1. The van der Waals surface area contributed by atoms with Gasteiger partial charge in [-0.2, -0.15) is 0 Å². The second kappa shape index (κ2) is 10.3. The van der Waals surface area contributed by atoms with Gasteiger partial charge in [-0.1, -0.05) is 35.9 Å². The van der Waals surface area contributed by atoms with Gasteiger partial charge in [-0.25, -0.2) is 4.79 Å². The predicted molar refractivity (Wildman–Crippen MR) is 97.6 cm³/mol. The van der Waals surface area contributed by atoms with Crippen LogP contribution in [0.15, 0.2) is 48.5 Å². The first-order valence-corrected chi connectivity index (χ1v) is 8.39. The zero-order chi connectivity index (χ0) is 18.8. The van der Waals surface area contributed by atoms with Gasteiger partial charge in [-0.15, -0.1) is 0 Å². The van der Waals surface area contributed by atoms with Gasteiger partial charge in [0.1, 0.15) is 0 Å². The molecule has 0 aliphatic carbocycles. The Balaban J connectivity index is 1.63. The van der Waals surface area contributed by atoms with Gasteiger partial charge in [0.05, 0.1) is 7.11 Å². The first-order chi connectivity index (χ1) is 12.6. The van der Waals surface area contributed by atoms with Crippen molar-refractivity contribution in [1.29, 1.82) is 0 Å². The summed E-state index contributed by atoms with van der Waals surface area (Å²) in [6.45, 7) is -0.219. The van der Waals surface area contributed by atoms with Crippen LogP contribution in [0, 0.1) is 0 Å². The maximum Gasteiger partial charge on any atom is 0.344 e. The highest BCUT2D eigenvalue weighted by molar-refractivity contribution is 6.30. The van der Waals surface area contributed by atoms with Crippen LogP contribution in [-0.4, -0.2) is 38.7 Å². The quantitative estimate of drug-likeness (QED) is 0.680. The minimum atomic E-state index is -0.635. The number of rotatable bonds is 9. The van der Waals surface area contributed by atoms with E-state index in [1.54, 1.807) is 36.4 Å². The summed E-state index contributed by atoms with van der Waals surface area (Å²) >= 11 is 5.81. The summed E-state index contributed by atoms with van der Waals surface area (Å²) in [5, 5.41) is 3.35. The maximum atomic E-state index is 11.7. The molecule has 2 aromatic rings. The molecule has 6 nitrogen and oxygen atoms in total. The number of methoxy groups -OCH3 is 1. The number of benzene rings is 2. The average Bonchev–Trinajstić information content (AvgIpc) is 2.66. The molecule has 0 unspecified atom stereocenters. The summed E-state index contributed by atoms with van der Waals surface area (Å²) in [5.41, 5.74) is 1.05. The molecule has 0 heterocycles. The van der Waals surface area contributed by atoms with Gasteiger partial charge in [-0.3, -0.25) is 4.79 Å². The SMILES string of the molecule is COc1ccccc1OCC(=O)OCC(=O)NCCc1ccc(Cl)cc1. The van der Waals surface area contributed by atoms with Crippen LogP contribution in [0.4, 0.5) is 0 Å². The van der Waals surface area contributed by atoms with Crippen molar-refractivity contribution in [2.24, 2.45) is 0 Å². The van der Waals surface area contributed by atoms with E-state index in [4.69, 9.17) is 25.8 Å². The second-order valence-electron chi connectivity index (χ2n) is 5.33. The molecule has 26 heavy (non-hydrogen) atoms. The number of hydrogen-bond donors (Lipinski definition) is 1. The molecule has 0 aromatic heterocycles. The van der Waals surface area contributed by atoms with E-state index < -0.39 is 5.97 Å². The average molecular weight is 378 g/mol. The lowest BCUT2D eigenvalue weighted by molar-refractivity contribution is -0.150. The summed E-state index contributed by atoms with van der Waals surface area (Å²) in [7, 11) is 1.51. The Hall–Kier alpha value is -2.73. The van der Waals surface area contributed by atoms with Crippen LogP contribution in [0.2, 0.25) is 5.02 Å². The van der Waals surface area contributed by atoms with Crippen molar-refractivity contribution in [3.8, 4) is 11.5 Å². The molecular weight excluding hydrogens is 358 g/mol. The number of carbonyl (C=O) groups is 2. The number of ether oxygens (including phenoxy) is 3. The highest BCUT2D eigenvalue weighted by Gasteiger charge is 2.10. The number of para-hydroxylation sites is 2. The largest absolute Gasteiger partial charge is 0.493 e. The van der Waals surface area contributed by atoms with Crippen LogP contribution in [-0.2, 0) is 20.7 Å². The third-order valence-electron chi connectivity index (χ3n) is 3.43. The number of esters is 1. The van der Waals surface area contributed by atoms with Gasteiger partial charge in [-0.05, 0) is 36.2 Å². The Bertz CT molecular complexity index is 733. The van der Waals surface area contributed by atoms with Crippen molar-refractivity contribution < 1.29 is 23.8 Å². The van der Waals surface area contributed by atoms with E-state index in [0.29, 0.717) is 29.5 Å². The van der Waals surface area contributed by atoms with Gasteiger partial charge in [0, 0.05) is 11.6 Å². The predicted octanol–water partition coefficient (Wildman–Crippen LogP) is 2.63. The van der Waals surface area contributed by atoms with Crippen molar-refractivity contribution in [2.75, 3.05) is 26.9 Å². The Kier molecular flexibility index (Phi) is 7.76. The summed E-state index contributed by atoms with van der Waals surface area (Å²) < 4.78 is 15.3. The van der Waals surface area contributed by atoms with Crippen molar-refractivity contribution in [3.63, 3.8) is 0 Å². The Labute approximate surface area is 157 Å². The first-order valence-electron chi connectivity index (χ1n) is 8.01. The fourth-order valence-electron chi connectivity index (χ4n) is 2.11. The zero-order valence-corrected chi connectivity index (χ0v) is 15.1. The minimum Gasteiger partial charge on any atom is -0.493 e. The van der Waals surface area contributed by atoms with Gasteiger partial charge in [0.2, 0.25) is 0 Å². The van der Waals surface area contributed by atoms with E-state index >= 15 is 0 Å². The lowest BCUT2D eigenvalue weighted by Crippen LogP contribution is -2.31. The van der Waals surface area contributed by atoms with Crippen LogP contribution in [0.3, 0.4) is 0 Å². The number of amides is 1. The molecule has 0 bridgehead atoms. The number of carbonyl (C=O) groups excluding carboxylic acids is 2. The molecule has 0 radical (unpaired) electrons.